The molecule has 0 saturated carbocycles. The molecule has 0 radical (unpaired) electrons. The normalized spacial score (nSPS) is 10.1. The second-order valence-electron chi connectivity index (χ2n) is 4.86. The predicted molar refractivity (Wildman–Crippen MR) is 89.3 cm³/mol. The Labute approximate surface area is 143 Å². The Morgan fingerprint density at radius 3 is 2.54 bits per heavy atom. The molecule has 24 heavy (non-hydrogen) atoms. The first-order valence-corrected chi connectivity index (χ1v) is 7.62. The number of esters is 1. The Bertz CT molecular complexity index is 690. The molecule has 0 saturated heterocycles. The highest BCUT2D eigenvalue weighted by atomic mass is 35.5. The monoisotopic (exact) mass is 350 g/mol. The second kappa shape index (κ2) is 8.88. The summed E-state index contributed by atoms with van der Waals surface area (Å²) in [6, 6.07) is 12.7. The van der Waals surface area contributed by atoms with Gasteiger partial charge in [-0.1, -0.05) is 35.9 Å². The van der Waals surface area contributed by atoms with Crippen molar-refractivity contribution in [3.05, 3.63) is 64.9 Å². The van der Waals surface area contributed by atoms with Crippen LogP contribution in [0.25, 0.3) is 0 Å². The summed E-state index contributed by atoms with van der Waals surface area (Å²) in [5, 5.41) is 5.35. The molecule has 0 aliphatic heterocycles. The van der Waals surface area contributed by atoms with Gasteiger partial charge in [0.2, 0.25) is 0 Å². The number of urea groups is 1. The molecule has 5 nitrogen and oxygen atoms in total. The molecule has 2 rings (SSSR count). The standard InChI is InChI=1S/C17H16ClFN2O3/c18-14-7-4-8-15(19)13(14)11-24-16(22)9-10-20-17(23)21-12-5-2-1-3-6-12/h1-8H,9-11H2,(H2,20,21,23). The Balaban J connectivity index is 1.69. The first-order valence-electron chi connectivity index (χ1n) is 7.24. The summed E-state index contributed by atoms with van der Waals surface area (Å²) >= 11 is 5.84. The van der Waals surface area contributed by atoms with Gasteiger partial charge in [0.05, 0.1) is 11.4 Å². The summed E-state index contributed by atoms with van der Waals surface area (Å²) in [6.07, 6.45) is -0.0335. The molecule has 0 aromatic heterocycles. The van der Waals surface area contributed by atoms with Crippen molar-refractivity contribution in [1.82, 2.24) is 5.32 Å². The average molecular weight is 351 g/mol. The van der Waals surface area contributed by atoms with Crippen LogP contribution in [0.2, 0.25) is 5.02 Å². The molecule has 126 valence electrons. The summed E-state index contributed by atoms with van der Waals surface area (Å²) < 4.78 is 18.5. The molecule has 0 bridgehead atoms. The maximum absolute atomic E-state index is 13.5. The van der Waals surface area contributed by atoms with Gasteiger partial charge in [-0.2, -0.15) is 0 Å². The SMILES string of the molecule is O=C(NCCC(=O)OCc1c(F)cccc1Cl)Nc1ccccc1. The third-order valence-electron chi connectivity index (χ3n) is 3.09. The van der Waals surface area contributed by atoms with E-state index in [1.165, 1.54) is 18.2 Å². The molecule has 0 aliphatic rings. The van der Waals surface area contributed by atoms with Crippen LogP contribution < -0.4 is 10.6 Å². The number of rotatable bonds is 6. The Morgan fingerprint density at radius 1 is 1.08 bits per heavy atom. The fourth-order valence-corrected chi connectivity index (χ4v) is 2.09. The van der Waals surface area contributed by atoms with Gasteiger partial charge in [0, 0.05) is 17.8 Å². The lowest BCUT2D eigenvalue weighted by Gasteiger charge is -2.09. The summed E-state index contributed by atoms with van der Waals surface area (Å²) in [7, 11) is 0. The van der Waals surface area contributed by atoms with E-state index >= 15 is 0 Å². The van der Waals surface area contributed by atoms with E-state index < -0.39 is 17.8 Å². The van der Waals surface area contributed by atoms with Crippen molar-refractivity contribution >= 4 is 29.3 Å². The molecular weight excluding hydrogens is 335 g/mol. The van der Waals surface area contributed by atoms with Crippen LogP contribution >= 0.6 is 11.6 Å². The first-order chi connectivity index (χ1) is 11.6. The summed E-state index contributed by atoms with van der Waals surface area (Å²) in [4.78, 5) is 23.2. The van der Waals surface area contributed by atoms with E-state index in [1.54, 1.807) is 24.3 Å². The van der Waals surface area contributed by atoms with E-state index in [2.05, 4.69) is 10.6 Å². The molecule has 2 aromatic rings. The van der Waals surface area contributed by atoms with Gasteiger partial charge in [0.1, 0.15) is 12.4 Å². The van der Waals surface area contributed by atoms with Crippen LogP contribution in [0.5, 0.6) is 0 Å². The number of halogens is 2. The fraction of sp³-hybridized carbons (Fsp3) is 0.176. The Kier molecular flexibility index (Phi) is 6.57. The molecule has 2 N–H and O–H groups in total. The Hall–Kier alpha value is -2.60. The van der Waals surface area contributed by atoms with Crippen molar-refractivity contribution in [1.29, 1.82) is 0 Å². The predicted octanol–water partition coefficient (Wildman–Crippen LogP) is 3.73. The van der Waals surface area contributed by atoms with Gasteiger partial charge in [-0.05, 0) is 24.3 Å². The van der Waals surface area contributed by atoms with Gasteiger partial charge in [-0.25, -0.2) is 9.18 Å². The third kappa shape index (κ3) is 5.55. The van der Waals surface area contributed by atoms with Gasteiger partial charge >= 0.3 is 12.0 Å². The van der Waals surface area contributed by atoms with Crippen LogP contribution in [0.1, 0.15) is 12.0 Å². The summed E-state index contributed by atoms with van der Waals surface area (Å²) in [6.45, 7) is -0.150. The molecular formula is C17H16ClFN2O3. The van der Waals surface area contributed by atoms with E-state index in [1.807, 2.05) is 6.07 Å². The number of amides is 2. The lowest BCUT2D eigenvalue weighted by atomic mass is 10.2. The number of carbonyl (C=O) groups excluding carboxylic acids is 2. The van der Waals surface area contributed by atoms with E-state index in [0.29, 0.717) is 5.69 Å². The van der Waals surface area contributed by atoms with Gasteiger partial charge in [0.15, 0.2) is 0 Å². The van der Waals surface area contributed by atoms with Crippen molar-refractivity contribution in [2.24, 2.45) is 0 Å². The minimum Gasteiger partial charge on any atom is -0.461 e. The molecule has 0 heterocycles. The highest BCUT2D eigenvalue weighted by Crippen LogP contribution is 2.19. The minimum atomic E-state index is -0.561. The van der Waals surface area contributed by atoms with Crippen molar-refractivity contribution < 1.29 is 18.7 Å². The number of para-hydroxylation sites is 1. The molecule has 7 heteroatoms. The summed E-state index contributed by atoms with van der Waals surface area (Å²) in [5.41, 5.74) is 0.772. The van der Waals surface area contributed by atoms with E-state index in [0.717, 1.165) is 0 Å². The zero-order chi connectivity index (χ0) is 17.4. The number of hydrogen-bond acceptors (Lipinski definition) is 3. The van der Waals surface area contributed by atoms with Crippen LogP contribution in [0.4, 0.5) is 14.9 Å². The maximum atomic E-state index is 13.5. The molecule has 0 aliphatic carbocycles. The smallest absolute Gasteiger partial charge is 0.319 e. The molecule has 0 unspecified atom stereocenters. The van der Waals surface area contributed by atoms with Gasteiger partial charge in [-0.15, -0.1) is 0 Å². The van der Waals surface area contributed by atoms with Crippen LogP contribution in [0.15, 0.2) is 48.5 Å². The van der Waals surface area contributed by atoms with Crippen LogP contribution in [-0.4, -0.2) is 18.5 Å². The van der Waals surface area contributed by atoms with Crippen LogP contribution in [0, 0.1) is 5.82 Å². The van der Waals surface area contributed by atoms with Crippen molar-refractivity contribution in [3.8, 4) is 0 Å². The molecule has 2 amide bonds. The summed E-state index contributed by atoms with van der Waals surface area (Å²) in [5.74, 6) is -1.09. The van der Waals surface area contributed by atoms with Gasteiger partial charge in [-0.3, -0.25) is 4.79 Å². The lowest BCUT2D eigenvalue weighted by molar-refractivity contribution is -0.144. The van der Waals surface area contributed by atoms with E-state index in [9.17, 15) is 14.0 Å². The van der Waals surface area contributed by atoms with Gasteiger partial charge in [0.25, 0.3) is 0 Å². The van der Waals surface area contributed by atoms with Crippen molar-refractivity contribution in [3.63, 3.8) is 0 Å². The molecule has 0 atom stereocenters. The largest absolute Gasteiger partial charge is 0.461 e. The lowest BCUT2D eigenvalue weighted by Crippen LogP contribution is -2.30. The second-order valence-corrected chi connectivity index (χ2v) is 5.27. The third-order valence-corrected chi connectivity index (χ3v) is 3.44. The Morgan fingerprint density at radius 2 is 1.83 bits per heavy atom. The highest BCUT2D eigenvalue weighted by molar-refractivity contribution is 6.31. The number of carbonyl (C=O) groups is 2. The zero-order valence-electron chi connectivity index (χ0n) is 12.7. The van der Waals surface area contributed by atoms with Crippen LogP contribution in [-0.2, 0) is 16.1 Å². The number of anilines is 1. The highest BCUT2D eigenvalue weighted by Gasteiger charge is 2.10. The van der Waals surface area contributed by atoms with Crippen LogP contribution in [0.3, 0.4) is 0 Å². The van der Waals surface area contributed by atoms with Crippen molar-refractivity contribution in [2.45, 2.75) is 13.0 Å². The molecule has 2 aromatic carbocycles. The number of ether oxygens (including phenoxy) is 1. The zero-order valence-corrected chi connectivity index (χ0v) is 13.5. The van der Waals surface area contributed by atoms with Crippen molar-refractivity contribution in [2.75, 3.05) is 11.9 Å². The van der Waals surface area contributed by atoms with Gasteiger partial charge < -0.3 is 15.4 Å². The maximum Gasteiger partial charge on any atom is 0.319 e. The number of hydrogen-bond donors (Lipinski definition) is 2. The first kappa shape index (κ1) is 17.7. The number of benzene rings is 2. The minimum absolute atomic E-state index is 0.0335. The topological polar surface area (TPSA) is 67.4 Å². The van der Waals surface area contributed by atoms with E-state index in [4.69, 9.17) is 16.3 Å². The average Bonchev–Trinajstić information content (AvgIpc) is 2.55. The van der Waals surface area contributed by atoms with E-state index in [-0.39, 0.29) is 30.2 Å². The number of nitrogens with one attached hydrogen (secondary N) is 2. The molecule has 0 fully saturated rings. The quantitative estimate of drug-likeness (QED) is 0.780. The fourth-order valence-electron chi connectivity index (χ4n) is 1.87. The molecule has 0 spiro atoms.